The number of hydrogen-bond donors (Lipinski definition) is 1. The quantitative estimate of drug-likeness (QED) is 0.549. The molecule has 0 radical (unpaired) electrons. The van der Waals surface area contributed by atoms with Gasteiger partial charge in [-0.2, -0.15) is 0 Å². The van der Waals surface area contributed by atoms with Crippen LogP contribution < -0.4 is 10.1 Å². The van der Waals surface area contributed by atoms with Crippen LogP contribution in [0.5, 0.6) is 5.75 Å². The van der Waals surface area contributed by atoms with E-state index in [-0.39, 0.29) is 5.82 Å². The van der Waals surface area contributed by atoms with Crippen LogP contribution in [-0.2, 0) is 0 Å². The molecule has 0 fully saturated rings. The van der Waals surface area contributed by atoms with Crippen LogP contribution >= 0.6 is 0 Å². The summed E-state index contributed by atoms with van der Waals surface area (Å²) >= 11 is 0. The number of benzene rings is 1. The van der Waals surface area contributed by atoms with Gasteiger partial charge in [0.05, 0.1) is 12.8 Å². The van der Waals surface area contributed by atoms with E-state index >= 15 is 0 Å². The monoisotopic (exact) mass is 281 g/mol. The van der Waals surface area contributed by atoms with Crippen molar-refractivity contribution in [3.8, 4) is 5.75 Å². The molecule has 0 amide bonds. The summed E-state index contributed by atoms with van der Waals surface area (Å²) in [6, 6.07) is 4.60. The molecule has 114 valence electrons. The fourth-order valence-electron chi connectivity index (χ4n) is 2.29. The van der Waals surface area contributed by atoms with Gasteiger partial charge in [0.1, 0.15) is 11.6 Å². The molecule has 2 nitrogen and oxygen atoms in total. The number of anilines is 1. The van der Waals surface area contributed by atoms with Crippen molar-refractivity contribution in [2.24, 2.45) is 0 Å². The molecule has 0 bridgehead atoms. The molecule has 0 saturated heterocycles. The van der Waals surface area contributed by atoms with Gasteiger partial charge in [-0.1, -0.05) is 51.9 Å². The Labute approximate surface area is 122 Å². The Balaban J connectivity index is 2.09. The van der Waals surface area contributed by atoms with E-state index in [0.717, 1.165) is 18.7 Å². The number of hydrogen-bond acceptors (Lipinski definition) is 2. The molecule has 0 saturated carbocycles. The minimum atomic E-state index is -0.264. The minimum absolute atomic E-state index is 0.264. The maximum absolute atomic E-state index is 13.0. The molecule has 0 aliphatic rings. The fraction of sp³-hybridized carbons (Fsp3) is 0.647. The van der Waals surface area contributed by atoms with Crippen LogP contribution in [0, 0.1) is 5.82 Å². The number of halogens is 1. The average Bonchev–Trinajstić information content (AvgIpc) is 2.46. The second kappa shape index (κ2) is 10.5. The van der Waals surface area contributed by atoms with Crippen LogP contribution in [0.1, 0.15) is 58.3 Å². The van der Waals surface area contributed by atoms with Gasteiger partial charge in [-0.15, -0.1) is 0 Å². The molecule has 0 aliphatic carbocycles. The zero-order valence-corrected chi connectivity index (χ0v) is 12.9. The first kappa shape index (κ1) is 16.8. The third kappa shape index (κ3) is 6.78. The molecular formula is C17H28FNO. The highest BCUT2D eigenvalue weighted by Crippen LogP contribution is 2.24. The second-order valence-corrected chi connectivity index (χ2v) is 5.25. The third-order valence-electron chi connectivity index (χ3n) is 3.51. The molecular weight excluding hydrogens is 253 g/mol. The predicted molar refractivity (Wildman–Crippen MR) is 84.1 cm³/mol. The number of methoxy groups -OCH3 is 1. The molecule has 20 heavy (non-hydrogen) atoms. The van der Waals surface area contributed by atoms with Crippen molar-refractivity contribution in [1.82, 2.24) is 0 Å². The molecule has 0 heterocycles. The van der Waals surface area contributed by atoms with Crippen molar-refractivity contribution in [2.75, 3.05) is 19.0 Å². The standard InChI is InChI=1S/C17H28FNO/c1-3-4-5-6-7-8-9-10-13-19-16-12-11-15(18)14-17(16)20-2/h11-12,14,19H,3-10,13H2,1-2H3. The smallest absolute Gasteiger partial charge is 0.144 e. The van der Waals surface area contributed by atoms with Crippen LogP contribution in [-0.4, -0.2) is 13.7 Å². The lowest BCUT2D eigenvalue weighted by Crippen LogP contribution is -2.03. The van der Waals surface area contributed by atoms with Crippen molar-refractivity contribution in [1.29, 1.82) is 0 Å². The summed E-state index contributed by atoms with van der Waals surface area (Å²) in [6.07, 6.45) is 10.5. The van der Waals surface area contributed by atoms with Crippen molar-refractivity contribution in [3.63, 3.8) is 0 Å². The highest BCUT2D eigenvalue weighted by atomic mass is 19.1. The third-order valence-corrected chi connectivity index (χ3v) is 3.51. The van der Waals surface area contributed by atoms with Gasteiger partial charge in [-0.25, -0.2) is 4.39 Å². The average molecular weight is 281 g/mol. The maximum atomic E-state index is 13.0. The van der Waals surface area contributed by atoms with E-state index in [1.807, 2.05) is 0 Å². The summed E-state index contributed by atoms with van der Waals surface area (Å²) in [5, 5.41) is 3.31. The van der Waals surface area contributed by atoms with E-state index in [9.17, 15) is 4.39 Å². The van der Waals surface area contributed by atoms with Crippen LogP contribution in [0.4, 0.5) is 10.1 Å². The SMILES string of the molecule is CCCCCCCCCCNc1ccc(F)cc1OC. The zero-order valence-electron chi connectivity index (χ0n) is 12.9. The Hall–Kier alpha value is -1.25. The van der Waals surface area contributed by atoms with E-state index in [1.165, 1.54) is 57.1 Å². The molecule has 1 aromatic carbocycles. The topological polar surface area (TPSA) is 21.3 Å². The first-order valence-electron chi connectivity index (χ1n) is 7.85. The lowest BCUT2D eigenvalue weighted by molar-refractivity contribution is 0.413. The van der Waals surface area contributed by atoms with Crippen LogP contribution in [0.3, 0.4) is 0 Å². The van der Waals surface area contributed by atoms with Crippen LogP contribution in [0.25, 0.3) is 0 Å². The van der Waals surface area contributed by atoms with Gasteiger partial charge < -0.3 is 10.1 Å². The van der Waals surface area contributed by atoms with Crippen LogP contribution in [0.15, 0.2) is 18.2 Å². The van der Waals surface area contributed by atoms with E-state index in [2.05, 4.69) is 12.2 Å². The van der Waals surface area contributed by atoms with E-state index in [4.69, 9.17) is 4.74 Å². The molecule has 3 heteroatoms. The highest BCUT2D eigenvalue weighted by molar-refractivity contribution is 5.56. The summed E-state index contributed by atoms with van der Waals surface area (Å²) in [5.41, 5.74) is 0.872. The van der Waals surface area contributed by atoms with Gasteiger partial charge in [0.2, 0.25) is 0 Å². The lowest BCUT2D eigenvalue weighted by Gasteiger charge is -2.11. The normalized spacial score (nSPS) is 10.6. The molecule has 0 unspecified atom stereocenters. The Morgan fingerprint density at radius 2 is 1.65 bits per heavy atom. The molecule has 1 aromatic rings. The van der Waals surface area contributed by atoms with Gasteiger partial charge >= 0.3 is 0 Å². The first-order chi connectivity index (χ1) is 9.77. The Morgan fingerprint density at radius 1 is 1.00 bits per heavy atom. The van der Waals surface area contributed by atoms with Gasteiger partial charge in [0.25, 0.3) is 0 Å². The summed E-state index contributed by atoms with van der Waals surface area (Å²) < 4.78 is 18.2. The summed E-state index contributed by atoms with van der Waals surface area (Å²) in [5.74, 6) is 0.309. The van der Waals surface area contributed by atoms with Crippen molar-refractivity contribution in [2.45, 2.75) is 58.3 Å². The van der Waals surface area contributed by atoms with Crippen molar-refractivity contribution < 1.29 is 9.13 Å². The molecule has 1 rings (SSSR count). The second-order valence-electron chi connectivity index (χ2n) is 5.25. The van der Waals surface area contributed by atoms with Gasteiger partial charge in [0, 0.05) is 12.6 Å². The summed E-state index contributed by atoms with van der Waals surface area (Å²) in [4.78, 5) is 0. The van der Waals surface area contributed by atoms with Gasteiger partial charge in [-0.05, 0) is 18.6 Å². The summed E-state index contributed by atoms with van der Waals surface area (Å²) in [6.45, 7) is 3.16. The van der Waals surface area contributed by atoms with Gasteiger partial charge in [-0.3, -0.25) is 0 Å². The Kier molecular flexibility index (Phi) is 8.84. The van der Waals surface area contributed by atoms with Gasteiger partial charge in [0.15, 0.2) is 0 Å². The molecule has 0 aromatic heterocycles. The molecule has 1 N–H and O–H groups in total. The zero-order chi connectivity index (χ0) is 14.6. The largest absolute Gasteiger partial charge is 0.494 e. The van der Waals surface area contributed by atoms with Crippen molar-refractivity contribution in [3.05, 3.63) is 24.0 Å². The number of rotatable bonds is 11. The van der Waals surface area contributed by atoms with E-state index < -0.39 is 0 Å². The van der Waals surface area contributed by atoms with Crippen molar-refractivity contribution >= 4 is 5.69 Å². The summed E-state index contributed by atoms with van der Waals surface area (Å²) in [7, 11) is 1.57. The molecule has 0 aliphatic heterocycles. The number of ether oxygens (including phenoxy) is 1. The lowest BCUT2D eigenvalue weighted by atomic mass is 10.1. The Bertz CT molecular complexity index is 368. The predicted octanol–water partition coefficient (Wildman–Crippen LogP) is 5.39. The fourth-order valence-corrected chi connectivity index (χ4v) is 2.29. The Morgan fingerprint density at radius 3 is 2.30 bits per heavy atom. The van der Waals surface area contributed by atoms with E-state index in [0.29, 0.717) is 5.75 Å². The minimum Gasteiger partial charge on any atom is -0.494 e. The van der Waals surface area contributed by atoms with E-state index in [1.54, 1.807) is 13.2 Å². The molecule has 0 atom stereocenters. The first-order valence-corrected chi connectivity index (χ1v) is 7.85. The van der Waals surface area contributed by atoms with Crippen LogP contribution in [0.2, 0.25) is 0 Å². The maximum Gasteiger partial charge on any atom is 0.144 e. The number of unbranched alkanes of at least 4 members (excludes halogenated alkanes) is 7. The molecule has 0 spiro atoms. The highest BCUT2D eigenvalue weighted by Gasteiger charge is 2.03. The number of nitrogens with one attached hydrogen (secondary N) is 1.